The summed E-state index contributed by atoms with van der Waals surface area (Å²) < 4.78 is 5.35. The van der Waals surface area contributed by atoms with Gasteiger partial charge >= 0.3 is 0 Å². The minimum Gasteiger partial charge on any atom is -0.496 e. The summed E-state index contributed by atoms with van der Waals surface area (Å²) in [5.74, 6) is 0.914. The molecule has 0 aliphatic rings. The van der Waals surface area contributed by atoms with Crippen molar-refractivity contribution >= 4 is 11.6 Å². The largest absolute Gasteiger partial charge is 0.496 e. The molecular formula is C11H16ClNO. The fourth-order valence-corrected chi connectivity index (χ4v) is 1.92. The Balaban J connectivity index is 3.32. The average Bonchev–Trinajstić information content (AvgIpc) is 2.14. The zero-order valence-corrected chi connectivity index (χ0v) is 9.61. The van der Waals surface area contributed by atoms with Crippen molar-refractivity contribution in [1.82, 2.24) is 0 Å². The molecule has 0 bridgehead atoms. The van der Waals surface area contributed by atoms with Crippen molar-refractivity contribution in [1.29, 1.82) is 0 Å². The summed E-state index contributed by atoms with van der Waals surface area (Å²) in [4.78, 5) is 0. The van der Waals surface area contributed by atoms with E-state index in [1.54, 1.807) is 7.11 Å². The van der Waals surface area contributed by atoms with Gasteiger partial charge in [0, 0.05) is 10.6 Å². The lowest BCUT2D eigenvalue weighted by molar-refractivity contribution is 0.406. The van der Waals surface area contributed by atoms with Gasteiger partial charge in [-0.3, -0.25) is 0 Å². The molecule has 0 aromatic heterocycles. The van der Waals surface area contributed by atoms with E-state index in [9.17, 15) is 0 Å². The Morgan fingerprint density at radius 2 is 2.07 bits per heavy atom. The topological polar surface area (TPSA) is 35.2 Å². The van der Waals surface area contributed by atoms with Crippen LogP contribution in [-0.2, 0) is 6.42 Å². The van der Waals surface area contributed by atoms with Gasteiger partial charge in [-0.2, -0.15) is 0 Å². The van der Waals surface area contributed by atoms with Crippen molar-refractivity contribution in [2.75, 3.05) is 13.7 Å². The highest BCUT2D eigenvalue weighted by Gasteiger charge is 2.11. The van der Waals surface area contributed by atoms with Crippen LogP contribution in [0.25, 0.3) is 0 Å². The number of hydrogen-bond donors (Lipinski definition) is 1. The standard InChI is InChI=1S/C11H16ClNO/c1-7-6-10(12)8(2)9(4-5-13)11(7)14-3/h6H,4-5,13H2,1-3H3. The van der Waals surface area contributed by atoms with Crippen molar-refractivity contribution in [3.63, 3.8) is 0 Å². The maximum atomic E-state index is 6.09. The summed E-state index contributed by atoms with van der Waals surface area (Å²) in [5.41, 5.74) is 8.81. The van der Waals surface area contributed by atoms with Gasteiger partial charge in [-0.1, -0.05) is 11.6 Å². The molecule has 1 aromatic carbocycles. The van der Waals surface area contributed by atoms with Crippen LogP contribution in [0.3, 0.4) is 0 Å². The summed E-state index contributed by atoms with van der Waals surface area (Å²) >= 11 is 6.09. The van der Waals surface area contributed by atoms with E-state index in [1.165, 1.54) is 0 Å². The van der Waals surface area contributed by atoms with Crippen LogP contribution in [0.5, 0.6) is 5.75 Å². The molecule has 2 N–H and O–H groups in total. The minimum atomic E-state index is 0.608. The zero-order valence-electron chi connectivity index (χ0n) is 8.86. The monoisotopic (exact) mass is 213 g/mol. The van der Waals surface area contributed by atoms with E-state index in [0.29, 0.717) is 6.54 Å². The van der Waals surface area contributed by atoms with Crippen molar-refractivity contribution in [2.24, 2.45) is 5.73 Å². The summed E-state index contributed by atoms with van der Waals surface area (Å²) in [6.07, 6.45) is 0.802. The van der Waals surface area contributed by atoms with Gasteiger partial charge in [-0.05, 0) is 44.0 Å². The van der Waals surface area contributed by atoms with Crippen LogP contribution in [-0.4, -0.2) is 13.7 Å². The van der Waals surface area contributed by atoms with Crippen LogP contribution >= 0.6 is 11.6 Å². The fourth-order valence-electron chi connectivity index (χ4n) is 1.65. The SMILES string of the molecule is COc1c(C)cc(Cl)c(C)c1CCN. The van der Waals surface area contributed by atoms with E-state index in [2.05, 4.69) is 0 Å². The second-order valence-electron chi connectivity index (χ2n) is 3.35. The van der Waals surface area contributed by atoms with Crippen molar-refractivity contribution < 1.29 is 4.74 Å². The molecule has 0 amide bonds. The van der Waals surface area contributed by atoms with Gasteiger partial charge in [-0.25, -0.2) is 0 Å². The molecular weight excluding hydrogens is 198 g/mol. The molecule has 0 atom stereocenters. The van der Waals surface area contributed by atoms with Crippen LogP contribution in [0.15, 0.2) is 6.07 Å². The Bertz CT molecular complexity index is 337. The first-order valence-corrected chi connectivity index (χ1v) is 5.02. The Morgan fingerprint density at radius 3 is 2.57 bits per heavy atom. The third-order valence-electron chi connectivity index (χ3n) is 2.38. The van der Waals surface area contributed by atoms with Crippen LogP contribution < -0.4 is 10.5 Å². The molecule has 14 heavy (non-hydrogen) atoms. The van der Waals surface area contributed by atoms with Crippen LogP contribution in [0, 0.1) is 13.8 Å². The molecule has 78 valence electrons. The lowest BCUT2D eigenvalue weighted by Crippen LogP contribution is -2.07. The lowest BCUT2D eigenvalue weighted by atomic mass is 10.0. The maximum Gasteiger partial charge on any atom is 0.125 e. The molecule has 2 nitrogen and oxygen atoms in total. The van der Waals surface area contributed by atoms with Gasteiger partial charge in [0.2, 0.25) is 0 Å². The van der Waals surface area contributed by atoms with E-state index in [-0.39, 0.29) is 0 Å². The van der Waals surface area contributed by atoms with Gasteiger partial charge in [-0.15, -0.1) is 0 Å². The van der Waals surface area contributed by atoms with E-state index < -0.39 is 0 Å². The third-order valence-corrected chi connectivity index (χ3v) is 2.78. The van der Waals surface area contributed by atoms with Gasteiger partial charge in [0.1, 0.15) is 5.75 Å². The second kappa shape index (κ2) is 4.67. The number of hydrogen-bond acceptors (Lipinski definition) is 2. The molecule has 0 saturated carbocycles. The van der Waals surface area contributed by atoms with E-state index in [1.807, 2.05) is 19.9 Å². The molecule has 1 rings (SSSR count). The first-order chi connectivity index (χ1) is 6.61. The molecule has 0 radical (unpaired) electrons. The second-order valence-corrected chi connectivity index (χ2v) is 3.76. The van der Waals surface area contributed by atoms with Gasteiger partial charge in [0.25, 0.3) is 0 Å². The van der Waals surface area contributed by atoms with E-state index in [4.69, 9.17) is 22.1 Å². The Labute approximate surface area is 90.0 Å². The van der Waals surface area contributed by atoms with Crippen molar-refractivity contribution in [3.05, 3.63) is 27.8 Å². The quantitative estimate of drug-likeness (QED) is 0.837. The molecule has 0 fully saturated rings. The molecule has 0 unspecified atom stereocenters. The number of benzene rings is 1. The van der Waals surface area contributed by atoms with Crippen LogP contribution in [0.2, 0.25) is 5.02 Å². The molecule has 0 heterocycles. The normalized spacial score (nSPS) is 10.4. The summed E-state index contributed by atoms with van der Waals surface area (Å²) in [5, 5.41) is 0.784. The number of rotatable bonds is 3. The molecule has 0 saturated heterocycles. The minimum absolute atomic E-state index is 0.608. The number of methoxy groups -OCH3 is 1. The number of halogens is 1. The average molecular weight is 214 g/mol. The van der Waals surface area contributed by atoms with Crippen molar-refractivity contribution in [2.45, 2.75) is 20.3 Å². The van der Waals surface area contributed by atoms with Crippen molar-refractivity contribution in [3.8, 4) is 5.75 Å². The highest BCUT2D eigenvalue weighted by Crippen LogP contribution is 2.31. The summed E-state index contributed by atoms with van der Waals surface area (Å²) in [7, 11) is 1.68. The first kappa shape index (κ1) is 11.3. The first-order valence-electron chi connectivity index (χ1n) is 4.64. The zero-order chi connectivity index (χ0) is 10.7. The van der Waals surface area contributed by atoms with Crippen LogP contribution in [0.1, 0.15) is 16.7 Å². The molecule has 0 spiro atoms. The van der Waals surface area contributed by atoms with Gasteiger partial charge in [0.05, 0.1) is 7.11 Å². The summed E-state index contributed by atoms with van der Waals surface area (Å²) in [6, 6.07) is 1.93. The number of ether oxygens (including phenoxy) is 1. The smallest absolute Gasteiger partial charge is 0.125 e. The summed E-state index contributed by atoms with van der Waals surface area (Å²) in [6.45, 7) is 4.59. The third kappa shape index (κ3) is 2.02. The van der Waals surface area contributed by atoms with E-state index in [0.717, 1.165) is 33.9 Å². The molecule has 3 heteroatoms. The Morgan fingerprint density at radius 1 is 1.43 bits per heavy atom. The Kier molecular flexibility index (Phi) is 3.78. The van der Waals surface area contributed by atoms with E-state index >= 15 is 0 Å². The molecule has 0 aliphatic carbocycles. The molecule has 1 aromatic rings. The molecule has 0 aliphatic heterocycles. The maximum absolute atomic E-state index is 6.09. The van der Waals surface area contributed by atoms with Gasteiger partial charge < -0.3 is 10.5 Å². The Hall–Kier alpha value is -0.730. The predicted octanol–water partition coefficient (Wildman–Crippen LogP) is 2.47. The van der Waals surface area contributed by atoms with Crippen LogP contribution in [0.4, 0.5) is 0 Å². The highest BCUT2D eigenvalue weighted by molar-refractivity contribution is 6.31. The number of aryl methyl sites for hydroxylation is 1. The predicted molar refractivity (Wildman–Crippen MR) is 60.2 cm³/mol. The highest BCUT2D eigenvalue weighted by atomic mass is 35.5. The van der Waals surface area contributed by atoms with Gasteiger partial charge in [0.15, 0.2) is 0 Å². The lowest BCUT2D eigenvalue weighted by Gasteiger charge is -2.15. The number of nitrogens with two attached hydrogens (primary N) is 1. The fraction of sp³-hybridized carbons (Fsp3) is 0.455.